The molecule has 0 rings (SSSR count). The summed E-state index contributed by atoms with van der Waals surface area (Å²) in [7, 11) is 1.41. The zero-order chi connectivity index (χ0) is 15.2. The van der Waals surface area contributed by atoms with E-state index in [-0.39, 0.29) is 17.7 Å². The Hall–Kier alpha value is -0.860. The van der Waals surface area contributed by atoms with Crippen molar-refractivity contribution in [3.63, 3.8) is 0 Å². The second kappa shape index (κ2) is 13.1. The molecule has 0 radical (unpaired) electrons. The number of esters is 1. The van der Waals surface area contributed by atoms with Gasteiger partial charge in [0.1, 0.15) is 5.78 Å². The summed E-state index contributed by atoms with van der Waals surface area (Å²) >= 11 is 0. The first-order valence-electron chi connectivity index (χ1n) is 8.25. The van der Waals surface area contributed by atoms with Gasteiger partial charge in [-0.15, -0.1) is 0 Å². The number of carbonyl (C=O) groups is 2. The predicted molar refractivity (Wildman–Crippen MR) is 82.6 cm³/mol. The van der Waals surface area contributed by atoms with Crippen LogP contribution < -0.4 is 0 Å². The van der Waals surface area contributed by atoms with Crippen LogP contribution in [0.4, 0.5) is 0 Å². The van der Waals surface area contributed by atoms with Crippen LogP contribution in [0.15, 0.2) is 0 Å². The molecule has 0 spiro atoms. The van der Waals surface area contributed by atoms with Crippen molar-refractivity contribution in [1.29, 1.82) is 0 Å². The number of Topliss-reactive ketones (excluding diaryl/α,β-unsaturated/α-hetero) is 1. The van der Waals surface area contributed by atoms with E-state index in [0.717, 1.165) is 32.1 Å². The van der Waals surface area contributed by atoms with Crippen LogP contribution in [0.3, 0.4) is 0 Å². The van der Waals surface area contributed by atoms with Gasteiger partial charge in [-0.05, 0) is 12.8 Å². The van der Waals surface area contributed by atoms with Gasteiger partial charge in [0.25, 0.3) is 0 Å². The van der Waals surface area contributed by atoms with Crippen LogP contribution in [-0.4, -0.2) is 18.9 Å². The lowest BCUT2D eigenvalue weighted by molar-refractivity contribution is -0.147. The van der Waals surface area contributed by atoms with Crippen molar-refractivity contribution in [2.45, 2.75) is 84.5 Å². The van der Waals surface area contributed by atoms with Crippen LogP contribution in [0.1, 0.15) is 84.5 Å². The Kier molecular flexibility index (Phi) is 12.6. The van der Waals surface area contributed by atoms with Crippen molar-refractivity contribution < 1.29 is 14.3 Å². The topological polar surface area (TPSA) is 43.4 Å². The molecular formula is C17H32O3. The molecule has 0 heterocycles. The maximum absolute atomic E-state index is 11.9. The van der Waals surface area contributed by atoms with E-state index in [4.69, 9.17) is 4.74 Å². The number of unbranched alkanes of at least 4 members (excludes halogenated alkanes) is 6. The van der Waals surface area contributed by atoms with Gasteiger partial charge < -0.3 is 4.74 Å². The molecule has 20 heavy (non-hydrogen) atoms. The zero-order valence-electron chi connectivity index (χ0n) is 13.6. The minimum Gasteiger partial charge on any atom is -0.469 e. The summed E-state index contributed by atoms with van der Waals surface area (Å²) in [4.78, 5) is 23.6. The Balaban J connectivity index is 4.01. The van der Waals surface area contributed by atoms with Crippen molar-refractivity contribution in [1.82, 2.24) is 0 Å². The standard InChI is InChI=1S/C17H32O3/c1-4-6-8-10-12-15(17(19)20-3)14-16(18)13-11-9-7-5-2/h15H,4-14H2,1-3H3. The lowest BCUT2D eigenvalue weighted by Crippen LogP contribution is -2.20. The summed E-state index contributed by atoms with van der Waals surface area (Å²) in [6.07, 6.45) is 10.7. The second-order valence-electron chi connectivity index (χ2n) is 5.62. The number of hydrogen-bond donors (Lipinski definition) is 0. The van der Waals surface area contributed by atoms with Gasteiger partial charge in [0.15, 0.2) is 0 Å². The van der Waals surface area contributed by atoms with Gasteiger partial charge in [-0.1, -0.05) is 58.8 Å². The van der Waals surface area contributed by atoms with E-state index >= 15 is 0 Å². The largest absolute Gasteiger partial charge is 0.469 e. The molecule has 0 aliphatic rings. The number of ketones is 1. The van der Waals surface area contributed by atoms with Crippen LogP contribution in [-0.2, 0) is 14.3 Å². The highest BCUT2D eigenvalue weighted by Crippen LogP contribution is 2.18. The van der Waals surface area contributed by atoms with E-state index < -0.39 is 0 Å². The monoisotopic (exact) mass is 284 g/mol. The highest BCUT2D eigenvalue weighted by Gasteiger charge is 2.21. The molecule has 1 atom stereocenters. The minimum absolute atomic E-state index is 0.215. The molecule has 3 nitrogen and oxygen atoms in total. The number of ether oxygens (including phenoxy) is 1. The molecule has 0 aliphatic carbocycles. The molecule has 0 aromatic rings. The van der Waals surface area contributed by atoms with Gasteiger partial charge >= 0.3 is 5.97 Å². The van der Waals surface area contributed by atoms with Gasteiger partial charge in [-0.3, -0.25) is 9.59 Å². The Morgan fingerprint density at radius 2 is 1.50 bits per heavy atom. The Bertz CT molecular complexity index is 261. The van der Waals surface area contributed by atoms with Gasteiger partial charge in [0.05, 0.1) is 13.0 Å². The summed E-state index contributed by atoms with van der Waals surface area (Å²) in [5, 5.41) is 0. The first kappa shape index (κ1) is 19.1. The van der Waals surface area contributed by atoms with Crippen LogP contribution in [0.5, 0.6) is 0 Å². The maximum atomic E-state index is 11.9. The van der Waals surface area contributed by atoms with Crippen LogP contribution in [0, 0.1) is 5.92 Å². The van der Waals surface area contributed by atoms with E-state index in [9.17, 15) is 9.59 Å². The normalized spacial score (nSPS) is 12.2. The SMILES string of the molecule is CCCCCCC(=O)CC(CCCCCC)C(=O)OC. The van der Waals surface area contributed by atoms with Crippen LogP contribution >= 0.6 is 0 Å². The van der Waals surface area contributed by atoms with Crippen LogP contribution in [0.25, 0.3) is 0 Å². The first-order chi connectivity index (χ1) is 9.65. The van der Waals surface area contributed by atoms with E-state index in [1.54, 1.807) is 0 Å². The van der Waals surface area contributed by atoms with Crippen molar-refractivity contribution in [2.24, 2.45) is 5.92 Å². The lowest BCUT2D eigenvalue weighted by Gasteiger charge is -2.13. The second-order valence-corrected chi connectivity index (χ2v) is 5.62. The summed E-state index contributed by atoms with van der Waals surface area (Å²) in [6.45, 7) is 4.32. The molecule has 0 bridgehead atoms. The average Bonchev–Trinajstić information content (AvgIpc) is 2.46. The smallest absolute Gasteiger partial charge is 0.309 e. The average molecular weight is 284 g/mol. The van der Waals surface area contributed by atoms with Gasteiger partial charge in [0.2, 0.25) is 0 Å². The third kappa shape index (κ3) is 9.99. The third-order valence-electron chi connectivity index (χ3n) is 3.72. The van der Waals surface area contributed by atoms with Crippen LogP contribution in [0.2, 0.25) is 0 Å². The number of methoxy groups -OCH3 is 1. The maximum Gasteiger partial charge on any atom is 0.309 e. The Labute approximate surface area is 124 Å². The van der Waals surface area contributed by atoms with E-state index in [0.29, 0.717) is 12.8 Å². The molecule has 0 amide bonds. The van der Waals surface area contributed by atoms with Gasteiger partial charge in [-0.2, -0.15) is 0 Å². The molecule has 118 valence electrons. The molecular weight excluding hydrogens is 252 g/mol. The highest BCUT2D eigenvalue weighted by atomic mass is 16.5. The number of hydrogen-bond acceptors (Lipinski definition) is 3. The molecule has 0 aromatic heterocycles. The fourth-order valence-corrected chi connectivity index (χ4v) is 2.41. The number of rotatable bonds is 13. The zero-order valence-corrected chi connectivity index (χ0v) is 13.6. The first-order valence-corrected chi connectivity index (χ1v) is 8.25. The fraction of sp³-hybridized carbons (Fsp3) is 0.882. The predicted octanol–water partition coefficient (Wildman–Crippen LogP) is 4.68. The fourth-order valence-electron chi connectivity index (χ4n) is 2.41. The highest BCUT2D eigenvalue weighted by molar-refractivity contribution is 5.84. The lowest BCUT2D eigenvalue weighted by atomic mass is 9.93. The molecule has 0 aromatic carbocycles. The van der Waals surface area contributed by atoms with E-state index in [1.807, 2.05) is 0 Å². The molecule has 0 fully saturated rings. The molecule has 3 heteroatoms. The summed E-state index contributed by atoms with van der Waals surface area (Å²) < 4.78 is 4.82. The Morgan fingerprint density at radius 1 is 0.900 bits per heavy atom. The molecule has 0 aliphatic heterocycles. The van der Waals surface area contributed by atoms with Gasteiger partial charge in [-0.25, -0.2) is 0 Å². The molecule has 1 unspecified atom stereocenters. The van der Waals surface area contributed by atoms with Crippen molar-refractivity contribution in [3.8, 4) is 0 Å². The molecule has 0 saturated heterocycles. The van der Waals surface area contributed by atoms with Crippen molar-refractivity contribution in [3.05, 3.63) is 0 Å². The molecule has 0 saturated carbocycles. The van der Waals surface area contributed by atoms with Gasteiger partial charge in [0, 0.05) is 12.8 Å². The van der Waals surface area contributed by atoms with E-state index in [2.05, 4.69) is 13.8 Å². The molecule has 0 N–H and O–H groups in total. The summed E-state index contributed by atoms with van der Waals surface area (Å²) in [5.74, 6) is -0.231. The Morgan fingerprint density at radius 3 is 2.05 bits per heavy atom. The van der Waals surface area contributed by atoms with E-state index in [1.165, 1.54) is 32.8 Å². The summed E-state index contributed by atoms with van der Waals surface area (Å²) in [6, 6.07) is 0. The summed E-state index contributed by atoms with van der Waals surface area (Å²) in [5.41, 5.74) is 0. The van der Waals surface area contributed by atoms with Crippen molar-refractivity contribution in [2.75, 3.05) is 7.11 Å². The number of carbonyl (C=O) groups excluding carboxylic acids is 2. The minimum atomic E-state index is -0.226. The third-order valence-corrected chi connectivity index (χ3v) is 3.72. The quantitative estimate of drug-likeness (QED) is 0.364. The van der Waals surface area contributed by atoms with Crippen molar-refractivity contribution >= 4 is 11.8 Å².